The van der Waals surface area contributed by atoms with Gasteiger partial charge in [-0.05, 0) is 39.0 Å². The molecule has 1 aliphatic rings. The number of alkyl halides is 1. The summed E-state index contributed by atoms with van der Waals surface area (Å²) in [4.78, 5) is 0. The molecule has 0 radical (unpaired) electrons. The van der Waals surface area contributed by atoms with Gasteiger partial charge < -0.3 is 4.74 Å². The van der Waals surface area contributed by atoms with E-state index in [-0.39, 0.29) is 5.60 Å². The molecular formula is C10H19BrO. The molecule has 0 aromatic heterocycles. The third kappa shape index (κ3) is 3.06. The Hall–Kier alpha value is 0.440. The summed E-state index contributed by atoms with van der Waals surface area (Å²) in [5.74, 6) is 0.837. The smallest absolute Gasteiger partial charge is 0.0892 e. The van der Waals surface area contributed by atoms with Crippen LogP contribution in [0.2, 0.25) is 0 Å². The lowest BCUT2D eigenvalue weighted by molar-refractivity contribution is 0.313. The molecular weight excluding hydrogens is 216 g/mol. The van der Waals surface area contributed by atoms with Crippen molar-refractivity contribution in [2.75, 3.05) is 5.33 Å². The Kier molecular flexibility index (Phi) is 3.59. The van der Waals surface area contributed by atoms with Crippen molar-refractivity contribution in [2.24, 2.45) is 5.92 Å². The molecule has 2 heteroatoms. The van der Waals surface area contributed by atoms with Crippen molar-refractivity contribution < 1.29 is 4.74 Å². The van der Waals surface area contributed by atoms with E-state index in [0.29, 0.717) is 6.10 Å². The number of ether oxygens (including phenoxy) is 1. The molecule has 0 bridgehead atoms. The van der Waals surface area contributed by atoms with Gasteiger partial charge in [-0.1, -0.05) is 22.9 Å². The minimum atomic E-state index is 0.189. The molecule has 0 spiro atoms. The summed E-state index contributed by atoms with van der Waals surface area (Å²) in [6.45, 7) is 6.66. The highest BCUT2D eigenvalue weighted by atomic mass is 79.9. The fraction of sp³-hybridized carbons (Fsp3) is 1.00. The first kappa shape index (κ1) is 10.5. The van der Waals surface area contributed by atoms with Crippen LogP contribution in [-0.2, 0) is 4.74 Å². The predicted octanol–water partition coefficient (Wildman–Crippen LogP) is 3.37. The van der Waals surface area contributed by atoms with Crippen molar-refractivity contribution in [3.63, 3.8) is 0 Å². The quantitative estimate of drug-likeness (QED) is 0.525. The number of epoxide rings is 1. The van der Waals surface area contributed by atoms with Crippen molar-refractivity contribution in [3.8, 4) is 0 Å². The van der Waals surface area contributed by atoms with Crippen molar-refractivity contribution in [1.29, 1.82) is 0 Å². The minimum Gasteiger partial charge on any atom is -0.367 e. The number of hydrogen-bond acceptors (Lipinski definition) is 1. The third-order valence-corrected chi connectivity index (χ3v) is 3.15. The average Bonchev–Trinajstić information content (AvgIpc) is 2.56. The molecule has 0 aliphatic carbocycles. The van der Waals surface area contributed by atoms with Gasteiger partial charge in [0.25, 0.3) is 0 Å². The highest BCUT2D eigenvalue weighted by Gasteiger charge is 2.46. The summed E-state index contributed by atoms with van der Waals surface area (Å²) in [5, 5.41) is 1.13. The summed E-state index contributed by atoms with van der Waals surface area (Å²) in [5.41, 5.74) is 0.189. The Morgan fingerprint density at radius 2 is 2.00 bits per heavy atom. The maximum absolute atomic E-state index is 5.52. The zero-order valence-electron chi connectivity index (χ0n) is 8.27. The van der Waals surface area contributed by atoms with Crippen LogP contribution in [0, 0.1) is 5.92 Å². The molecule has 0 amide bonds. The van der Waals surface area contributed by atoms with Gasteiger partial charge >= 0.3 is 0 Å². The molecule has 1 nitrogen and oxygen atoms in total. The van der Waals surface area contributed by atoms with E-state index in [0.717, 1.165) is 11.2 Å². The summed E-state index contributed by atoms with van der Waals surface area (Å²) < 4.78 is 5.52. The molecule has 2 atom stereocenters. The monoisotopic (exact) mass is 234 g/mol. The molecule has 1 fully saturated rings. The first-order chi connectivity index (χ1) is 5.56. The van der Waals surface area contributed by atoms with Crippen LogP contribution >= 0.6 is 15.9 Å². The second-order valence-electron chi connectivity index (χ2n) is 4.37. The predicted molar refractivity (Wildman–Crippen MR) is 55.8 cm³/mol. The Labute approximate surface area is 84.0 Å². The standard InChI is InChI=1S/C10H19BrO/c1-8(6-7-11)4-5-9-10(2,3)12-9/h8-9H,4-7H2,1-3H3/t8-,9?/m0/s1. The Morgan fingerprint density at radius 3 is 2.42 bits per heavy atom. The molecule has 0 aromatic rings. The Bertz CT molecular complexity index is 145. The highest BCUT2D eigenvalue weighted by Crippen LogP contribution is 2.39. The Morgan fingerprint density at radius 1 is 1.42 bits per heavy atom. The van der Waals surface area contributed by atoms with E-state index < -0.39 is 0 Å². The van der Waals surface area contributed by atoms with Crippen molar-refractivity contribution in [1.82, 2.24) is 0 Å². The van der Waals surface area contributed by atoms with Gasteiger partial charge in [-0.25, -0.2) is 0 Å². The molecule has 1 rings (SSSR count). The van der Waals surface area contributed by atoms with Gasteiger partial charge in [-0.2, -0.15) is 0 Å². The third-order valence-electron chi connectivity index (χ3n) is 2.69. The van der Waals surface area contributed by atoms with E-state index in [1.807, 2.05) is 0 Å². The lowest BCUT2D eigenvalue weighted by Crippen LogP contribution is -2.05. The van der Waals surface area contributed by atoms with E-state index in [2.05, 4.69) is 36.7 Å². The van der Waals surface area contributed by atoms with Crippen LogP contribution in [0.15, 0.2) is 0 Å². The van der Waals surface area contributed by atoms with E-state index in [9.17, 15) is 0 Å². The average molecular weight is 235 g/mol. The number of hydrogen-bond donors (Lipinski definition) is 0. The SMILES string of the molecule is C[C@H](CCBr)CCC1OC1(C)C. The first-order valence-electron chi connectivity index (χ1n) is 4.80. The fourth-order valence-electron chi connectivity index (χ4n) is 1.51. The molecule has 72 valence electrons. The summed E-state index contributed by atoms with van der Waals surface area (Å²) in [6, 6.07) is 0. The van der Waals surface area contributed by atoms with E-state index >= 15 is 0 Å². The zero-order valence-corrected chi connectivity index (χ0v) is 9.86. The van der Waals surface area contributed by atoms with Crippen LogP contribution in [0.25, 0.3) is 0 Å². The van der Waals surface area contributed by atoms with Gasteiger partial charge in [0.1, 0.15) is 0 Å². The van der Waals surface area contributed by atoms with Gasteiger partial charge in [0.05, 0.1) is 11.7 Å². The van der Waals surface area contributed by atoms with Crippen LogP contribution in [0.1, 0.15) is 40.0 Å². The molecule has 1 saturated heterocycles. The maximum atomic E-state index is 5.52. The molecule has 1 aliphatic heterocycles. The summed E-state index contributed by atoms with van der Waals surface area (Å²) in [7, 11) is 0. The normalized spacial score (nSPS) is 28.5. The van der Waals surface area contributed by atoms with Crippen LogP contribution in [0.3, 0.4) is 0 Å². The van der Waals surface area contributed by atoms with Crippen LogP contribution < -0.4 is 0 Å². The van der Waals surface area contributed by atoms with Gasteiger partial charge in [0.2, 0.25) is 0 Å². The van der Waals surface area contributed by atoms with E-state index in [1.165, 1.54) is 19.3 Å². The van der Waals surface area contributed by atoms with Gasteiger partial charge in [0, 0.05) is 5.33 Å². The second kappa shape index (κ2) is 4.10. The molecule has 0 aromatic carbocycles. The first-order valence-corrected chi connectivity index (χ1v) is 5.92. The van der Waals surface area contributed by atoms with Crippen LogP contribution in [0.5, 0.6) is 0 Å². The molecule has 12 heavy (non-hydrogen) atoms. The van der Waals surface area contributed by atoms with Gasteiger partial charge in [-0.15, -0.1) is 0 Å². The van der Waals surface area contributed by atoms with Crippen molar-refractivity contribution in [3.05, 3.63) is 0 Å². The highest BCUT2D eigenvalue weighted by molar-refractivity contribution is 9.09. The minimum absolute atomic E-state index is 0.189. The van der Waals surface area contributed by atoms with Crippen LogP contribution in [0.4, 0.5) is 0 Å². The fourth-order valence-corrected chi connectivity index (χ4v) is 2.29. The lowest BCUT2D eigenvalue weighted by Gasteiger charge is -2.07. The maximum Gasteiger partial charge on any atom is 0.0892 e. The lowest BCUT2D eigenvalue weighted by atomic mass is 9.98. The number of halogens is 1. The zero-order chi connectivity index (χ0) is 9.19. The molecule has 1 heterocycles. The number of rotatable bonds is 5. The van der Waals surface area contributed by atoms with Gasteiger partial charge in [0.15, 0.2) is 0 Å². The topological polar surface area (TPSA) is 12.5 Å². The van der Waals surface area contributed by atoms with E-state index in [4.69, 9.17) is 4.74 Å². The van der Waals surface area contributed by atoms with Gasteiger partial charge in [-0.3, -0.25) is 0 Å². The summed E-state index contributed by atoms with van der Waals surface area (Å²) in [6.07, 6.45) is 4.36. The second-order valence-corrected chi connectivity index (χ2v) is 5.16. The molecule has 0 N–H and O–H groups in total. The van der Waals surface area contributed by atoms with Crippen molar-refractivity contribution in [2.45, 2.75) is 51.7 Å². The van der Waals surface area contributed by atoms with Crippen molar-refractivity contribution >= 4 is 15.9 Å². The Balaban J connectivity index is 2.03. The van der Waals surface area contributed by atoms with E-state index in [1.54, 1.807) is 0 Å². The van der Waals surface area contributed by atoms with Crippen LogP contribution in [-0.4, -0.2) is 17.0 Å². The summed E-state index contributed by atoms with van der Waals surface area (Å²) >= 11 is 3.46. The molecule has 0 saturated carbocycles. The molecule has 1 unspecified atom stereocenters. The largest absolute Gasteiger partial charge is 0.367 e.